The van der Waals surface area contributed by atoms with Crippen LogP contribution >= 0.6 is 0 Å². The second kappa shape index (κ2) is 5.66. The van der Waals surface area contributed by atoms with Crippen molar-refractivity contribution in [3.8, 4) is 0 Å². The molecule has 1 heteroatoms. The minimum absolute atomic E-state index is 0.217. The molecular weight excluding hydrogens is 232 g/mol. The maximum Gasteiger partial charge on any atom is 0.0823 e. The van der Waals surface area contributed by atoms with Crippen LogP contribution in [0, 0.1) is 17.8 Å². The molecule has 3 rings (SSSR count). The molecule has 1 aromatic carbocycles. The van der Waals surface area contributed by atoms with Crippen molar-refractivity contribution in [3.63, 3.8) is 0 Å². The molecule has 1 saturated carbocycles. The fourth-order valence-corrected chi connectivity index (χ4v) is 4.35. The Kier molecular flexibility index (Phi) is 3.93. The van der Waals surface area contributed by atoms with Gasteiger partial charge in [-0.3, -0.25) is 0 Å². The highest BCUT2D eigenvalue weighted by atomic mass is 16.3. The maximum atomic E-state index is 10.7. The van der Waals surface area contributed by atoms with Gasteiger partial charge in [-0.15, -0.1) is 0 Å². The number of aryl methyl sites for hydroxylation is 1. The average molecular weight is 258 g/mol. The van der Waals surface area contributed by atoms with E-state index < -0.39 is 0 Å². The number of rotatable bonds is 2. The second-order valence-electron chi connectivity index (χ2n) is 6.55. The van der Waals surface area contributed by atoms with Crippen LogP contribution < -0.4 is 0 Å². The van der Waals surface area contributed by atoms with Gasteiger partial charge in [0.05, 0.1) is 6.10 Å². The van der Waals surface area contributed by atoms with Gasteiger partial charge in [-0.2, -0.15) is 0 Å². The standard InChI is InChI=1S/C18H26O/c1-2-13-6-5-8-15(12-13)17-11-10-14-7-3-4-9-16(14)18(17)19/h3-4,7,9,13,15,17-19H,2,5-6,8,10-12H2,1H3. The van der Waals surface area contributed by atoms with E-state index in [0.717, 1.165) is 18.3 Å². The molecule has 0 aliphatic heterocycles. The Morgan fingerprint density at radius 2 is 2.00 bits per heavy atom. The van der Waals surface area contributed by atoms with Gasteiger partial charge < -0.3 is 5.11 Å². The zero-order chi connectivity index (χ0) is 13.2. The van der Waals surface area contributed by atoms with E-state index in [1.165, 1.54) is 49.7 Å². The van der Waals surface area contributed by atoms with Crippen molar-refractivity contribution in [2.75, 3.05) is 0 Å². The summed E-state index contributed by atoms with van der Waals surface area (Å²) in [4.78, 5) is 0. The lowest BCUT2D eigenvalue weighted by molar-refractivity contribution is 0.0347. The Morgan fingerprint density at radius 3 is 2.84 bits per heavy atom. The summed E-state index contributed by atoms with van der Waals surface area (Å²) in [5.41, 5.74) is 2.58. The Hall–Kier alpha value is -0.820. The van der Waals surface area contributed by atoms with Crippen molar-refractivity contribution in [3.05, 3.63) is 35.4 Å². The van der Waals surface area contributed by atoms with Gasteiger partial charge in [0.1, 0.15) is 0 Å². The van der Waals surface area contributed by atoms with Gasteiger partial charge in [0.2, 0.25) is 0 Å². The summed E-state index contributed by atoms with van der Waals surface area (Å²) in [6.45, 7) is 2.32. The number of aliphatic hydroxyl groups is 1. The molecule has 104 valence electrons. The first-order valence-electron chi connectivity index (χ1n) is 8.05. The van der Waals surface area contributed by atoms with E-state index >= 15 is 0 Å². The van der Waals surface area contributed by atoms with Crippen molar-refractivity contribution < 1.29 is 5.11 Å². The summed E-state index contributed by atoms with van der Waals surface area (Å²) in [5.74, 6) is 2.16. The second-order valence-corrected chi connectivity index (χ2v) is 6.55. The highest BCUT2D eigenvalue weighted by Crippen LogP contribution is 2.45. The van der Waals surface area contributed by atoms with Crippen LogP contribution in [0.15, 0.2) is 24.3 Å². The van der Waals surface area contributed by atoms with Crippen LogP contribution in [0.3, 0.4) is 0 Å². The third kappa shape index (κ3) is 2.58. The topological polar surface area (TPSA) is 20.2 Å². The highest BCUT2D eigenvalue weighted by Gasteiger charge is 2.35. The van der Waals surface area contributed by atoms with E-state index in [1.807, 2.05) is 0 Å². The number of fused-ring (bicyclic) bond motifs is 1. The number of hydrogen-bond acceptors (Lipinski definition) is 1. The summed E-state index contributed by atoms with van der Waals surface area (Å²) < 4.78 is 0. The molecule has 2 aliphatic rings. The number of hydrogen-bond donors (Lipinski definition) is 1. The molecule has 0 saturated heterocycles. The zero-order valence-electron chi connectivity index (χ0n) is 12.0. The first-order valence-corrected chi connectivity index (χ1v) is 8.05. The molecule has 0 spiro atoms. The van der Waals surface area contributed by atoms with E-state index in [0.29, 0.717) is 5.92 Å². The van der Waals surface area contributed by atoms with Crippen LogP contribution in [0.1, 0.15) is 62.7 Å². The van der Waals surface area contributed by atoms with Gasteiger partial charge in [0.25, 0.3) is 0 Å². The molecule has 2 aliphatic carbocycles. The monoisotopic (exact) mass is 258 g/mol. The largest absolute Gasteiger partial charge is 0.388 e. The molecule has 4 atom stereocenters. The van der Waals surface area contributed by atoms with Crippen molar-refractivity contribution in [1.82, 2.24) is 0 Å². The minimum Gasteiger partial charge on any atom is -0.388 e. The van der Waals surface area contributed by atoms with E-state index in [-0.39, 0.29) is 6.10 Å². The summed E-state index contributed by atoms with van der Waals surface area (Å²) in [6.07, 6.45) is 8.90. The quantitative estimate of drug-likeness (QED) is 0.828. The van der Waals surface area contributed by atoms with Crippen LogP contribution in [-0.2, 0) is 6.42 Å². The third-order valence-electron chi connectivity index (χ3n) is 5.53. The van der Waals surface area contributed by atoms with E-state index in [4.69, 9.17) is 0 Å². The molecule has 1 aromatic rings. The summed E-state index contributed by atoms with van der Waals surface area (Å²) in [7, 11) is 0. The molecule has 0 radical (unpaired) electrons. The molecule has 1 N–H and O–H groups in total. The summed E-state index contributed by atoms with van der Waals surface area (Å²) >= 11 is 0. The molecule has 0 aromatic heterocycles. The molecule has 0 amide bonds. The number of benzene rings is 1. The van der Waals surface area contributed by atoms with Crippen molar-refractivity contribution in [2.24, 2.45) is 17.8 Å². The zero-order valence-corrected chi connectivity index (χ0v) is 12.0. The SMILES string of the molecule is CCC1CCCC(C2CCc3ccccc3C2O)C1. The molecule has 19 heavy (non-hydrogen) atoms. The van der Waals surface area contributed by atoms with Gasteiger partial charge in [-0.25, -0.2) is 0 Å². The predicted octanol–water partition coefficient (Wildman–Crippen LogP) is 4.50. The molecule has 1 fully saturated rings. The fraction of sp³-hybridized carbons (Fsp3) is 0.667. The first-order chi connectivity index (χ1) is 9.29. The predicted molar refractivity (Wildman–Crippen MR) is 79.0 cm³/mol. The van der Waals surface area contributed by atoms with Crippen molar-refractivity contribution in [1.29, 1.82) is 0 Å². The van der Waals surface area contributed by atoms with Crippen molar-refractivity contribution in [2.45, 2.75) is 58.0 Å². The van der Waals surface area contributed by atoms with Gasteiger partial charge in [-0.1, -0.05) is 56.9 Å². The van der Waals surface area contributed by atoms with Gasteiger partial charge in [0.15, 0.2) is 0 Å². The maximum absolute atomic E-state index is 10.7. The molecule has 4 unspecified atom stereocenters. The van der Waals surface area contributed by atoms with Gasteiger partial charge >= 0.3 is 0 Å². The van der Waals surface area contributed by atoms with Crippen LogP contribution in [0.4, 0.5) is 0 Å². The smallest absolute Gasteiger partial charge is 0.0823 e. The van der Waals surface area contributed by atoms with E-state index in [1.54, 1.807) is 0 Å². The molecule has 1 nitrogen and oxygen atoms in total. The molecule has 0 heterocycles. The van der Waals surface area contributed by atoms with Gasteiger partial charge in [0, 0.05) is 0 Å². The van der Waals surface area contributed by atoms with Crippen molar-refractivity contribution >= 4 is 0 Å². The van der Waals surface area contributed by atoms with Crippen LogP contribution in [0.5, 0.6) is 0 Å². The van der Waals surface area contributed by atoms with Gasteiger partial charge in [-0.05, 0) is 48.1 Å². The van der Waals surface area contributed by atoms with Crippen LogP contribution in [0.2, 0.25) is 0 Å². The fourth-order valence-electron chi connectivity index (χ4n) is 4.35. The Bertz CT molecular complexity index is 425. The first kappa shape index (κ1) is 13.2. The molecular formula is C18H26O. The highest BCUT2D eigenvalue weighted by molar-refractivity contribution is 5.32. The normalized spacial score (nSPS) is 34.8. The van der Waals surface area contributed by atoms with E-state index in [9.17, 15) is 5.11 Å². The summed E-state index contributed by atoms with van der Waals surface area (Å²) in [5, 5.41) is 10.7. The Balaban J connectivity index is 1.76. The Labute approximate surface area is 117 Å². The lowest BCUT2D eigenvalue weighted by Gasteiger charge is -2.39. The third-order valence-corrected chi connectivity index (χ3v) is 5.53. The average Bonchev–Trinajstić information content (AvgIpc) is 2.48. The van der Waals surface area contributed by atoms with Crippen LogP contribution in [0.25, 0.3) is 0 Å². The van der Waals surface area contributed by atoms with Crippen LogP contribution in [-0.4, -0.2) is 5.11 Å². The Morgan fingerprint density at radius 1 is 1.16 bits per heavy atom. The molecule has 0 bridgehead atoms. The lowest BCUT2D eigenvalue weighted by Crippen LogP contribution is -2.30. The minimum atomic E-state index is -0.217. The van der Waals surface area contributed by atoms with E-state index in [2.05, 4.69) is 31.2 Å². The lowest BCUT2D eigenvalue weighted by atomic mass is 9.67. The number of aliphatic hydroxyl groups excluding tert-OH is 1. The summed E-state index contributed by atoms with van der Waals surface area (Å²) in [6, 6.07) is 8.48.